The third-order valence-corrected chi connectivity index (χ3v) is 6.48. The third kappa shape index (κ3) is 2.86. The molecule has 1 aromatic heterocycles. The molecule has 0 atom stereocenters. The van der Waals surface area contributed by atoms with Crippen LogP contribution in [0.3, 0.4) is 0 Å². The summed E-state index contributed by atoms with van der Waals surface area (Å²) in [7, 11) is 5.69. The van der Waals surface area contributed by atoms with Gasteiger partial charge in [-0.15, -0.1) is 0 Å². The highest BCUT2D eigenvalue weighted by atomic mass is 32.1. The van der Waals surface area contributed by atoms with Gasteiger partial charge in [-0.05, 0) is 44.7 Å². The number of benzene rings is 1. The van der Waals surface area contributed by atoms with Crippen LogP contribution in [0.5, 0.6) is 11.5 Å². The average Bonchev–Trinajstić information content (AvgIpc) is 3.07. The lowest BCUT2D eigenvalue weighted by Gasteiger charge is -2.40. The van der Waals surface area contributed by atoms with Gasteiger partial charge in [0.15, 0.2) is 0 Å². The quantitative estimate of drug-likeness (QED) is 0.552. The van der Waals surface area contributed by atoms with Crippen LogP contribution in [0.15, 0.2) is 23.2 Å². The van der Waals surface area contributed by atoms with Gasteiger partial charge in [-0.1, -0.05) is 17.8 Å². The van der Waals surface area contributed by atoms with E-state index in [9.17, 15) is 0 Å². The summed E-state index contributed by atoms with van der Waals surface area (Å²) in [6.45, 7) is 2.01. The Morgan fingerprint density at radius 3 is 2.73 bits per heavy atom. The van der Waals surface area contributed by atoms with E-state index in [4.69, 9.17) is 19.5 Å². The van der Waals surface area contributed by atoms with Gasteiger partial charge in [-0.25, -0.2) is 9.98 Å². The summed E-state index contributed by atoms with van der Waals surface area (Å²) < 4.78 is 12.0. The van der Waals surface area contributed by atoms with Crippen molar-refractivity contribution in [2.45, 2.75) is 44.6 Å². The highest BCUT2D eigenvalue weighted by molar-refractivity contribution is 7.16. The molecule has 138 valence electrons. The molecule has 1 aromatic carbocycles. The second-order valence-corrected chi connectivity index (χ2v) is 8.22. The molecule has 1 aliphatic heterocycles. The van der Waals surface area contributed by atoms with Crippen molar-refractivity contribution in [1.82, 2.24) is 9.88 Å². The Hall–Kier alpha value is -2.08. The van der Waals surface area contributed by atoms with E-state index in [2.05, 4.69) is 6.07 Å². The summed E-state index contributed by atoms with van der Waals surface area (Å²) in [6, 6.07) is 6.01. The van der Waals surface area contributed by atoms with Crippen molar-refractivity contribution in [3.05, 3.63) is 23.1 Å². The molecule has 4 rings (SSSR count). The summed E-state index contributed by atoms with van der Waals surface area (Å²) in [5.41, 5.74) is 1.81. The number of hydrogen-bond donors (Lipinski definition) is 0. The number of rotatable bonds is 2. The highest BCUT2D eigenvalue weighted by Crippen LogP contribution is 2.54. The van der Waals surface area contributed by atoms with Crippen LogP contribution >= 0.6 is 11.3 Å². The second kappa shape index (κ2) is 6.58. The van der Waals surface area contributed by atoms with Crippen molar-refractivity contribution < 1.29 is 9.47 Å². The van der Waals surface area contributed by atoms with Gasteiger partial charge in [0.1, 0.15) is 22.9 Å². The summed E-state index contributed by atoms with van der Waals surface area (Å²) in [5.74, 6) is 2.64. The Morgan fingerprint density at radius 2 is 2.04 bits per heavy atom. The van der Waals surface area contributed by atoms with Gasteiger partial charge in [0.2, 0.25) is 5.13 Å². The number of aliphatic imine (C=N–C) groups is 1. The summed E-state index contributed by atoms with van der Waals surface area (Å²) >= 11 is 1.68. The van der Waals surface area contributed by atoms with E-state index in [1.165, 1.54) is 24.1 Å². The summed E-state index contributed by atoms with van der Waals surface area (Å²) in [4.78, 5) is 12.9. The Morgan fingerprint density at radius 1 is 1.27 bits per heavy atom. The Balaban J connectivity index is 1.86. The molecule has 2 aromatic rings. The van der Waals surface area contributed by atoms with Crippen molar-refractivity contribution in [1.29, 1.82) is 0 Å². The van der Waals surface area contributed by atoms with Crippen molar-refractivity contribution in [2.75, 3.05) is 21.2 Å². The van der Waals surface area contributed by atoms with E-state index in [1.807, 2.05) is 38.1 Å². The first-order chi connectivity index (χ1) is 12.5. The molecule has 0 bridgehead atoms. The smallest absolute Gasteiger partial charge is 0.211 e. The molecular formula is C20H25N3O2S. The number of ether oxygens (including phenoxy) is 2. The molecule has 2 aliphatic rings. The number of aromatic nitrogens is 1. The first kappa shape index (κ1) is 17.3. The molecule has 1 aliphatic carbocycles. The number of fused-ring (bicyclic) bond motifs is 4. The minimum absolute atomic E-state index is 0.260. The standard InChI is InChI=1S/C20H25N3O2S/c1-13(23(2)3)21-19-22-17-15-9-8-14(24-4)12-16(15)25-20(18(17)26-19)10-6-5-7-11-20/h8-9,12H,5-7,10-11H2,1-4H3/b21-13+. The second-order valence-electron chi connectivity index (χ2n) is 7.25. The molecule has 1 fully saturated rings. The van der Waals surface area contributed by atoms with Gasteiger partial charge in [0, 0.05) is 25.7 Å². The molecule has 5 nitrogen and oxygen atoms in total. The van der Waals surface area contributed by atoms with Crippen LogP contribution in [0.4, 0.5) is 5.13 Å². The normalized spacial score (nSPS) is 18.1. The highest BCUT2D eigenvalue weighted by Gasteiger charge is 2.44. The minimum Gasteiger partial charge on any atom is -0.497 e. The molecule has 0 unspecified atom stereocenters. The maximum Gasteiger partial charge on any atom is 0.211 e. The number of nitrogens with zero attached hydrogens (tertiary/aromatic N) is 3. The van der Waals surface area contributed by atoms with Gasteiger partial charge >= 0.3 is 0 Å². The summed E-state index contributed by atoms with van der Waals surface area (Å²) in [5, 5.41) is 0.804. The van der Waals surface area contributed by atoms with Gasteiger partial charge in [-0.3, -0.25) is 0 Å². The van der Waals surface area contributed by atoms with Crippen LogP contribution < -0.4 is 9.47 Å². The van der Waals surface area contributed by atoms with E-state index in [-0.39, 0.29) is 5.60 Å². The van der Waals surface area contributed by atoms with E-state index in [0.717, 1.165) is 46.6 Å². The molecule has 0 N–H and O–H groups in total. The molecule has 0 saturated heterocycles. The Labute approximate surface area is 158 Å². The lowest BCUT2D eigenvalue weighted by molar-refractivity contribution is 0.0271. The number of methoxy groups -OCH3 is 1. The van der Waals surface area contributed by atoms with E-state index in [0.29, 0.717) is 0 Å². The molecule has 0 radical (unpaired) electrons. The number of amidine groups is 1. The van der Waals surface area contributed by atoms with Gasteiger partial charge in [-0.2, -0.15) is 0 Å². The van der Waals surface area contributed by atoms with Crippen LogP contribution in [0, 0.1) is 0 Å². The van der Waals surface area contributed by atoms with E-state index >= 15 is 0 Å². The van der Waals surface area contributed by atoms with Crippen LogP contribution in [-0.4, -0.2) is 36.9 Å². The van der Waals surface area contributed by atoms with Crippen LogP contribution in [0.2, 0.25) is 0 Å². The maximum atomic E-state index is 6.63. The van der Waals surface area contributed by atoms with Crippen molar-refractivity contribution in [2.24, 2.45) is 4.99 Å². The topological polar surface area (TPSA) is 47.0 Å². The molecule has 26 heavy (non-hydrogen) atoms. The van der Waals surface area contributed by atoms with E-state index < -0.39 is 0 Å². The lowest BCUT2D eigenvalue weighted by atomic mass is 9.80. The number of hydrogen-bond acceptors (Lipinski definition) is 5. The molecule has 1 spiro atoms. The molecule has 6 heteroatoms. The molecule has 2 heterocycles. The zero-order valence-electron chi connectivity index (χ0n) is 15.8. The zero-order chi connectivity index (χ0) is 18.3. The van der Waals surface area contributed by atoms with Crippen LogP contribution in [0.25, 0.3) is 11.3 Å². The molecular weight excluding hydrogens is 346 g/mol. The first-order valence-corrected chi connectivity index (χ1v) is 9.95. The largest absolute Gasteiger partial charge is 0.497 e. The van der Waals surface area contributed by atoms with Crippen LogP contribution in [0.1, 0.15) is 43.9 Å². The Kier molecular flexibility index (Phi) is 4.39. The lowest BCUT2D eigenvalue weighted by Crippen LogP contribution is -2.37. The minimum atomic E-state index is -0.260. The average molecular weight is 372 g/mol. The monoisotopic (exact) mass is 371 g/mol. The van der Waals surface area contributed by atoms with Crippen molar-refractivity contribution >= 4 is 22.3 Å². The fourth-order valence-electron chi connectivity index (χ4n) is 3.70. The maximum absolute atomic E-state index is 6.63. The van der Waals surface area contributed by atoms with E-state index in [1.54, 1.807) is 18.4 Å². The Bertz CT molecular complexity index is 851. The zero-order valence-corrected chi connectivity index (χ0v) is 16.7. The van der Waals surface area contributed by atoms with Crippen LogP contribution in [-0.2, 0) is 5.60 Å². The third-order valence-electron chi connectivity index (χ3n) is 5.34. The molecule has 1 saturated carbocycles. The number of thiazole rings is 1. The fourth-order valence-corrected chi connectivity index (χ4v) is 4.89. The predicted octanol–water partition coefficient (Wildman–Crippen LogP) is 4.98. The SMILES string of the molecule is COc1ccc2c(c1)OC1(CCCCC1)c1sc(/N=C(\C)N(C)C)nc1-2. The van der Waals surface area contributed by atoms with Gasteiger partial charge in [0.05, 0.1) is 17.7 Å². The van der Waals surface area contributed by atoms with Crippen molar-refractivity contribution in [3.63, 3.8) is 0 Å². The first-order valence-electron chi connectivity index (χ1n) is 9.14. The predicted molar refractivity (Wildman–Crippen MR) is 106 cm³/mol. The van der Waals surface area contributed by atoms with Gasteiger partial charge in [0.25, 0.3) is 0 Å². The van der Waals surface area contributed by atoms with Crippen molar-refractivity contribution in [3.8, 4) is 22.8 Å². The van der Waals surface area contributed by atoms with Gasteiger partial charge < -0.3 is 14.4 Å². The fraction of sp³-hybridized carbons (Fsp3) is 0.500. The molecule has 0 amide bonds. The summed E-state index contributed by atoms with van der Waals surface area (Å²) in [6.07, 6.45) is 5.72.